The fraction of sp³-hybridized carbons (Fsp3) is 0.154. The van der Waals surface area contributed by atoms with Crippen LogP contribution < -0.4 is 5.32 Å². The number of imide groups is 1. The first-order chi connectivity index (χ1) is 14.8. The van der Waals surface area contributed by atoms with Crippen molar-refractivity contribution in [3.05, 3.63) is 106 Å². The van der Waals surface area contributed by atoms with Gasteiger partial charge in [-0.05, 0) is 61.2 Å². The molecule has 0 saturated heterocycles. The lowest BCUT2D eigenvalue weighted by Crippen LogP contribution is -2.32. The first-order valence-corrected chi connectivity index (χ1v) is 10.1. The Morgan fingerprint density at radius 1 is 0.806 bits per heavy atom. The van der Waals surface area contributed by atoms with E-state index in [0.717, 1.165) is 27.9 Å². The van der Waals surface area contributed by atoms with Crippen LogP contribution in [0.1, 0.15) is 27.8 Å². The molecule has 4 rings (SSSR count). The van der Waals surface area contributed by atoms with Crippen LogP contribution in [0.25, 0.3) is 5.57 Å². The van der Waals surface area contributed by atoms with Crippen LogP contribution in [-0.4, -0.2) is 16.7 Å². The fourth-order valence-electron chi connectivity index (χ4n) is 3.60. The van der Waals surface area contributed by atoms with Gasteiger partial charge in [0.2, 0.25) is 0 Å². The van der Waals surface area contributed by atoms with Crippen molar-refractivity contribution in [3.8, 4) is 0 Å². The van der Waals surface area contributed by atoms with E-state index < -0.39 is 17.6 Å². The lowest BCUT2D eigenvalue weighted by Gasteiger charge is -2.16. The van der Waals surface area contributed by atoms with Crippen LogP contribution in [0, 0.1) is 26.6 Å². The van der Waals surface area contributed by atoms with Gasteiger partial charge in [-0.15, -0.1) is 0 Å². The molecule has 1 N–H and O–H groups in total. The SMILES string of the molecule is Cc1ccc(CN2C(=O)C(Nc3cc(C)ccc3C)=C(c3ccc(F)cc3)C2=O)cc1. The summed E-state index contributed by atoms with van der Waals surface area (Å²) in [4.78, 5) is 27.9. The fourth-order valence-corrected chi connectivity index (χ4v) is 3.60. The summed E-state index contributed by atoms with van der Waals surface area (Å²) in [5.74, 6) is -1.20. The summed E-state index contributed by atoms with van der Waals surface area (Å²) < 4.78 is 13.5. The molecule has 0 atom stereocenters. The molecule has 0 spiro atoms. The quantitative estimate of drug-likeness (QED) is 0.588. The minimum absolute atomic E-state index is 0.167. The molecule has 0 unspecified atom stereocenters. The van der Waals surface area contributed by atoms with Crippen molar-refractivity contribution in [1.29, 1.82) is 0 Å². The Morgan fingerprint density at radius 2 is 1.45 bits per heavy atom. The Morgan fingerprint density at radius 3 is 2.13 bits per heavy atom. The van der Waals surface area contributed by atoms with E-state index in [0.29, 0.717) is 5.56 Å². The highest BCUT2D eigenvalue weighted by Crippen LogP contribution is 2.32. The zero-order chi connectivity index (χ0) is 22.1. The molecular formula is C26H23FN2O2. The number of nitrogens with zero attached hydrogens (tertiary/aromatic N) is 1. The number of carbonyl (C=O) groups is 2. The van der Waals surface area contributed by atoms with Crippen LogP contribution in [0.2, 0.25) is 0 Å². The monoisotopic (exact) mass is 414 g/mol. The number of halogens is 1. The Kier molecular flexibility index (Phi) is 5.42. The van der Waals surface area contributed by atoms with Gasteiger partial charge in [-0.3, -0.25) is 14.5 Å². The molecule has 31 heavy (non-hydrogen) atoms. The summed E-state index contributed by atoms with van der Waals surface area (Å²) in [6.45, 7) is 6.05. The van der Waals surface area contributed by atoms with Crippen molar-refractivity contribution in [3.63, 3.8) is 0 Å². The highest BCUT2D eigenvalue weighted by molar-refractivity contribution is 6.36. The highest BCUT2D eigenvalue weighted by atomic mass is 19.1. The maximum atomic E-state index is 13.5. The Balaban J connectivity index is 1.76. The van der Waals surface area contributed by atoms with Crippen molar-refractivity contribution < 1.29 is 14.0 Å². The minimum atomic E-state index is -0.401. The zero-order valence-corrected chi connectivity index (χ0v) is 17.7. The molecule has 5 heteroatoms. The van der Waals surface area contributed by atoms with E-state index in [1.807, 2.05) is 63.2 Å². The standard InChI is InChI=1S/C26H23FN2O2/c1-16-5-8-19(9-6-16)15-29-25(30)23(20-10-12-21(27)13-11-20)24(26(29)31)28-22-14-17(2)4-7-18(22)3/h4-14,28H,15H2,1-3H3. The molecule has 1 heterocycles. The van der Waals surface area contributed by atoms with Crippen LogP contribution in [0.3, 0.4) is 0 Å². The average molecular weight is 414 g/mol. The van der Waals surface area contributed by atoms with Crippen LogP contribution >= 0.6 is 0 Å². The van der Waals surface area contributed by atoms with Crippen LogP contribution in [0.15, 0.2) is 72.4 Å². The topological polar surface area (TPSA) is 49.4 Å². The summed E-state index contributed by atoms with van der Waals surface area (Å²) in [6, 6.07) is 19.2. The molecule has 0 radical (unpaired) electrons. The van der Waals surface area contributed by atoms with Crippen molar-refractivity contribution in [2.24, 2.45) is 0 Å². The van der Waals surface area contributed by atoms with Gasteiger partial charge in [-0.25, -0.2) is 4.39 Å². The van der Waals surface area contributed by atoms with Crippen LogP contribution in [0.5, 0.6) is 0 Å². The number of anilines is 1. The minimum Gasteiger partial charge on any atom is -0.350 e. The van der Waals surface area contributed by atoms with Crippen LogP contribution in [-0.2, 0) is 16.1 Å². The van der Waals surface area contributed by atoms with Gasteiger partial charge in [0.15, 0.2) is 0 Å². The molecule has 4 nitrogen and oxygen atoms in total. The van der Waals surface area contributed by atoms with Crippen molar-refractivity contribution in [1.82, 2.24) is 4.90 Å². The lowest BCUT2D eigenvalue weighted by molar-refractivity contribution is -0.137. The number of hydrogen-bond donors (Lipinski definition) is 1. The van der Waals surface area contributed by atoms with Gasteiger partial charge < -0.3 is 5.32 Å². The summed E-state index contributed by atoms with van der Waals surface area (Å²) in [5.41, 5.74) is 5.66. The summed E-state index contributed by atoms with van der Waals surface area (Å²) >= 11 is 0. The zero-order valence-electron chi connectivity index (χ0n) is 17.7. The molecule has 3 aromatic carbocycles. The van der Waals surface area contributed by atoms with E-state index >= 15 is 0 Å². The van der Waals surface area contributed by atoms with Gasteiger partial charge in [0.1, 0.15) is 11.5 Å². The second-order valence-corrected chi connectivity index (χ2v) is 7.88. The van der Waals surface area contributed by atoms with Gasteiger partial charge in [-0.2, -0.15) is 0 Å². The number of aryl methyl sites for hydroxylation is 3. The van der Waals surface area contributed by atoms with Crippen molar-refractivity contribution in [2.45, 2.75) is 27.3 Å². The molecular weight excluding hydrogens is 391 g/mol. The first kappa shape index (κ1) is 20.5. The van der Waals surface area contributed by atoms with Crippen molar-refractivity contribution in [2.75, 3.05) is 5.32 Å². The number of hydrogen-bond acceptors (Lipinski definition) is 3. The maximum Gasteiger partial charge on any atom is 0.278 e. The molecule has 0 saturated carbocycles. The van der Waals surface area contributed by atoms with Gasteiger partial charge in [-0.1, -0.05) is 54.1 Å². The smallest absolute Gasteiger partial charge is 0.278 e. The lowest BCUT2D eigenvalue weighted by atomic mass is 10.0. The van der Waals surface area contributed by atoms with Gasteiger partial charge in [0, 0.05) is 5.69 Å². The number of nitrogens with one attached hydrogen (secondary N) is 1. The van der Waals surface area contributed by atoms with Crippen molar-refractivity contribution >= 4 is 23.1 Å². The molecule has 2 amide bonds. The molecule has 1 aliphatic rings. The second-order valence-electron chi connectivity index (χ2n) is 7.88. The number of rotatable bonds is 5. The summed E-state index contributed by atoms with van der Waals surface area (Å²) in [6.07, 6.45) is 0. The van der Waals surface area contributed by atoms with E-state index in [9.17, 15) is 14.0 Å². The summed E-state index contributed by atoms with van der Waals surface area (Å²) in [5, 5.41) is 3.19. The maximum absolute atomic E-state index is 13.5. The number of carbonyl (C=O) groups excluding carboxylic acids is 2. The third-order valence-corrected chi connectivity index (χ3v) is 5.41. The number of amides is 2. The molecule has 0 aliphatic carbocycles. The molecule has 0 aromatic heterocycles. The molecule has 0 fully saturated rings. The average Bonchev–Trinajstić information content (AvgIpc) is 2.97. The predicted molar refractivity (Wildman–Crippen MR) is 120 cm³/mol. The first-order valence-electron chi connectivity index (χ1n) is 10.1. The van der Waals surface area contributed by atoms with E-state index in [4.69, 9.17) is 0 Å². The normalized spacial score (nSPS) is 13.9. The summed E-state index contributed by atoms with van der Waals surface area (Å²) in [7, 11) is 0. The van der Waals surface area contributed by atoms with E-state index in [1.54, 1.807) is 0 Å². The molecule has 3 aromatic rings. The van der Waals surface area contributed by atoms with Gasteiger partial charge in [0.25, 0.3) is 11.8 Å². The Bertz CT molecular complexity index is 1200. The highest BCUT2D eigenvalue weighted by Gasteiger charge is 2.39. The third-order valence-electron chi connectivity index (χ3n) is 5.41. The van der Waals surface area contributed by atoms with E-state index in [1.165, 1.54) is 29.2 Å². The Labute approximate surface area is 181 Å². The molecule has 0 bridgehead atoms. The van der Waals surface area contributed by atoms with Gasteiger partial charge >= 0.3 is 0 Å². The van der Waals surface area contributed by atoms with Gasteiger partial charge in [0.05, 0.1) is 12.1 Å². The Hall–Kier alpha value is -3.73. The second kappa shape index (κ2) is 8.19. The molecule has 1 aliphatic heterocycles. The number of benzene rings is 3. The third kappa shape index (κ3) is 4.12. The van der Waals surface area contributed by atoms with E-state index in [-0.39, 0.29) is 17.8 Å². The predicted octanol–water partition coefficient (Wildman–Crippen LogP) is 5.14. The largest absolute Gasteiger partial charge is 0.350 e. The van der Waals surface area contributed by atoms with Crippen LogP contribution in [0.4, 0.5) is 10.1 Å². The molecule has 156 valence electrons. The van der Waals surface area contributed by atoms with E-state index in [2.05, 4.69) is 5.32 Å².